The molecule has 0 aliphatic rings. The lowest BCUT2D eigenvalue weighted by Crippen LogP contribution is -2.08. The summed E-state index contributed by atoms with van der Waals surface area (Å²) < 4.78 is 0. The number of benzene rings is 2. The van der Waals surface area contributed by atoms with Crippen molar-refractivity contribution >= 4 is 19.2 Å². The average molecular weight is 232 g/mol. The van der Waals surface area contributed by atoms with E-state index in [0.717, 1.165) is 8.58 Å². The van der Waals surface area contributed by atoms with Crippen LogP contribution in [0.25, 0.3) is 0 Å². The fourth-order valence-corrected chi connectivity index (χ4v) is 2.78. The smallest absolute Gasteiger partial charge is 0.0197 e. The highest BCUT2D eigenvalue weighted by Crippen LogP contribution is 2.15. The van der Waals surface area contributed by atoms with Crippen LogP contribution in [0, 0.1) is 13.8 Å². The van der Waals surface area contributed by atoms with Crippen LogP contribution < -0.4 is 10.6 Å². The fourth-order valence-electron chi connectivity index (χ4n) is 1.57. The molecule has 1 nitrogen and oxygen atoms in total. The highest BCUT2D eigenvalue weighted by atomic mass is 31.1. The van der Waals surface area contributed by atoms with Crippen LogP contribution in [0.1, 0.15) is 11.1 Å². The first-order chi connectivity index (χ1) is 7.27. The van der Waals surface area contributed by atoms with Crippen LogP contribution >= 0.6 is 8.58 Å². The Bertz CT molecular complexity index is 422. The van der Waals surface area contributed by atoms with E-state index in [1.54, 1.807) is 0 Å². The second-order valence-corrected chi connectivity index (χ2v) is 5.08. The highest BCUT2D eigenvalue weighted by Gasteiger charge is 2.00. The zero-order chi connectivity index (χ0) is 10.7. The summed E-state index contributed by atoms with van der Waals surface area (Å²) in [5, 5.41) is 2.90. The topological polar surface area (TPSA) is 31.5 Å². The SMILES string of the molecule is Cc1ccccc1Pc1ccccc1C.O. The summed E-state index contributed by atoms with van der Waals surface area (Å²) in [6, 6.07) is 17.2. The lowest BCUT2D eigenvalue weighted by atomic mass is 10.2. The first kappa shape index (κ1) is 12.9. The first-order valence-corrected chi connectivity index (χ1v) is 6.15. The van der Waals surface area contributed by atoms with E-state index in [9.17, 15) is 0 Å². The summed E-state index contributed by atoms with van der Waals surface area (Å²) >= 11 is 0. The maximum atomic E-state index is 2.22. The second kappa shape index (κ2) is 5.79. The summed E-state index contributed by atoms with van der Waals surface area (Å²) in [7, 11) is 0.774. The van der Waals surface area contributed by atoms with Crippen molar-refractivity contribution in [1.82, 2.24) is 0 Å². The van der Waals surface area contributed by atoms with Gasteiger partial charge in [0.2, 0.25) is 0 Å². The van der Waals surface area contributed by atoms with Crippen molar-refractivity contribution in [2.45, 2.75) is 13.8 Å². The minimum atomic E-state index is 0. The Hall–Kier alpha value is -1.17. The quantitative estimate of drug-likeness (QED) is 0.710. The largest absolute Gasteiger partial charge is 0.412 e. The van der Waals surface area contributed by atoms with E-state index in [2.05, 4.69) is 62.4 Å². The second-order valence-electron chi connectivity index (χ2n) is 3.75. The van der Waals surface area contributed by atoms with Gasteiger partial charge in [0.25, 0.3) is 0 Å². The predicted octanol–water partition coefficient (Wildman–Crippen LogP) is 2.11. The van der Waals surface area contributed by atoms with E-state index in [1.807, 2.05) is 0 Å². The van der Waals surface area contributed by atoms with Crippen molar-refractivity contribution in [3.63, 3.8) is 0 Å². The van der Waals surface area contributed by atoms with Gasteiger partial charge in [-0.2, -0.15) is 0 Å². The van der Waals surface area contributed by atoms with Gasteiger partial charge in [-0.3, -0.25) is 0 Å². The molecule has 0 saturated carbocycles. The highest BCUT2D eigenvalue weighted by molar-refractivity contribution is 7.55. The molecule has 0 bridgehead atoms. The van der Waals surface area contributed by atoms with E-state index in [1.165, 1.54) is 21.7 Å². The summed E-state index contributed by atoms with van der Waals surface area (Å²) in [6.45, 7) is 4.36. The maximum absolute atomic E-state index is 2.22. The monoisotopic (exact) mass is 232 g/mol. The van der Waals surface area contributed by atoms with Gasteiger partial charge >= 0.3 is 0 Å². The summed E-state index contributed by atoms with van der Waals surface area (Å²) in [5.74, 6) is 0. The van der Waals surface area contributed by atoms with E-state index >= 15 is 0 Å². The lowest BCUT2D eigenvalue weighted by Gasteiger charge is -2.08. The van der Waals surface area contributed by atoms with Gasteiger partial charge in [-0.1, -0.05) is 57.1 Å². The van der Waals surface area contributed by atoms with Crippen molar-refractivity contribution < 1.29 is 5.48 Å². The predicted molar refractivity (Wildman–Crippen MR) is 73.6 cm³/mol. The van der Waals surface area contributed by atoms with E-state index in [-0.39, 0.29) is 5.48 Å². The molecule has 0 radical (unpaired) electrons. The van der Waals surface area contributed by atoms with Crippen LogP contribution in [0.15, 0.2) is 48.5 Å². The molecule has 0 saturated heterocycles. The summed E-state index contributed by atoms with van der Waals surface area (Å²) in [4.78, 5) is 0. The van der Waals surface area contributed by atoms with Crippen LogP contribution in [-0.2, 0) is 0 Å². The Kier molecular flexibility index (Phi) is 4.67. The Morgan fingerprint density at radius 1 is 0.688 bits per heavy atom. The Balaban J connectivity index is 0.00000128. The number of hydrogen-bond donors (Lipinski definition) is 0. The zero-order valence-corrected chi connectivity index (χ0v) is 10.6. The molecule has 0 aliphatic carbocycles. The summed E-state index contributed by atoms with van der Waals surface area (Å²) in [6.07, 6.45) is 0. The Labute approximate surface area is 98.6 Å². The van der Waals surface area contributed by atoms with Crippen LogP contribution in [0.5, 0.6) is 0 Å². The third-order valence-corrected chi connectivity index (χ3v) is 4.22. The summed E-state index contributed by atoms with van der Waals surface area (Å²) in [5.41, 5.74) is 2.78. The van der Waals surface area contributed by atoms with Gasteiger partial charge < -0.3 is 5.48 Å². The molecule has 0 amide bonds. The van der Waals surface area contributed by atoms with Crippen molar-refractivity contribution in [1.29, 1.82) is 0 Å². The van der Waals surface area contributed by atoms with Gasteiger partial charge in [-0.05, 0) is 35.6 Å². The van der Waals surface area contributed by atoms with Gasteiger partial charge in [-0.15, -0.1) is 0 Å². The van der Waals surface area contributed by atoms with Crippen molar-refractivity contribution in [2.24, 2.45) is 0 Å². The molecule has 0 atom stereocenters. The number of aryl methyl sites for hydroxylation is 2. The number of hydrogen-bond acceptors (Lipinski definition) is 0. The molecule has 0 heterocycles. The fraction of sp³-hybridized carbons (Fsp3) is 0.143. The molecule has 0 aromatic heterocycles. The minimum absolute atomic E-state index is 0. The van der Waals surface area contributed by atoms with Crippen LogP contribution in [0.2, 0.25) is 0 Å². The zero-order valence-electron chi connectivity index (χ0n) is 9.62. The van der Waals surface area contributed by atoms with Crippen molar-refractivity contribution in [3.8, 4) is 0 Å². The number of rotatable bonds is 2. The van der Waals surface area contributed by atoms with Gasteiger partial charge in [-0.25, -0.2) is 0 Å². The molecule has 16 heavy (non-hydrogen) atoms. The molecule has 0 aliphatic heterocycles. The third kappa shape index (κ3) is 2.91. The molecule has 2 aromatic carbocycles. The van der Waals surface area contributed by atoms with Crippen LogP contribution in [0.3, 0.4) is 0 Å². The van der Waals surface area contributed by atoms with E-state index in [0.29, 0.717) is 0 Å². The first-order valence-electron chi connectivity index (χ1n) is 5.15. The van der Waals surface area contributed by atoms with Gasteiger partial charge in [0, 0.05) is 0 Å². The molecule has 0 fully saturated rings. The molecular formula is C14H17OP. The molecule has 2 rings (SSSR count). The molecule has 2 heteroatoms. The van der Waals surface area contributed by atoms with E-state index < -0.39 is 0 Å². The van der Waals surface area contributed by atoms with Gasteiger partial charge in [0.05, 0.1) is 0 Å². The Morgan fingerprint density at radius 2 is 1.06 bits per heavy atom. The van der Waals surface area contributed by atoms with Crippen molar-refractivity contribution in [3.05, 3.63) is 59.7 Å². The van der Waals surface area contributed by atoms with Gasteiger partial charge in [0.1, 0.15) is 0 Å². The molecular weight excluding hydrogens is 215 g/mol. The standard InChI is InChI=1S/C14H15P.H2O/c1-11-7-3-5-9-13(11)15-14-10-6-4-8-12(14)2;/h3-10,15H,1-2H3;1H2. The van der Waals surface area contributed by atoms with Crippen LogP contribution in [-0.4, -0.2) is 5.48 Å². The molecule has 0 spiro atoms. The van der Waals surface area contributed by atoms with E-state index in [4.69, 9.17) is 0 Å². The van der Waals surface area contributed by atoms with Crippen LogP contribution in [0.4, 0.5) is 0 Å². The lowest BCUT2D eigenvalue weighted by molar-refractivity contribution is 0.824. The van der Waals surface area contributed by atoms with Crippen molar-refractivity contribution in [2.75, 3.05) is 0 Å². The maximum Gasteiger partial charge on any atom is -0.0197 e. The molecule has 2 N–H and O–H groups in total. The third-order valence-electron chi connectivity index (χ3n) is 2.56. The molecule has 2 aromatic rings. The molecule has 84 valence electrons. The van der Waals surface area contributed by atoms with Gasteiger partial charge in [0.15, 0.2) is 0 Å². The minimum Gasteiger partial charge on any atom is -0.412 e. The normalized spacial score (nSPS) is 9.62. The molecule has 0 unspecified atom stereocenters. The Morgan fingerprint density at radius 3 is 1.44 bits per heavy atom. The average Bonchev–Trinajstić information content (AvgIpc) is 2.24.